The van der Waals surface area contributed by atoms with Gasteiger partial charge in [-0.3, -0.25) is 0 Å². The summed E-state index contributed by atoms with van der Waals surface area (Å²) in [5, 5.41) is 7.43. The van der Waals surface area contributed by atoms with Crippen molar-refractivity contribution in [2.24, 2.45) is 17.8 Å². The van der Waals surface area contributed by atoms with Gasteiger partial charge in [0.2, 0.25) is 0 Å². The highest BCUT2D eigenvalue weighted by molar-refractivity contribution is 4.96. The summed E-state index contributed by atoms with van der Waals surface area (Å²) in [6.07, 6.45) is 4.07. The van der Waals surface area contributed by atoms with Crippen LogP contribution in [0.15, 0.2) is 0 Å². The van der Waals surface area contributed by atoms with E-state index in [4.69, 9.17) is 0 Å². The van der Waals surface area contributed by atoms with Crippen LogP contribution in [0.25, 0.3) is 0 Å². The molecule has 2 saturated heterocycles. The molecule has 2 rings (SSSR count). The summed E-state index contributed by atoms with van der Waals surface area (Å²) in [6, 6.07) is 1.49. The summed E-state index contributed by atoms with van der Waals surface area (Å²) >= 11 is 0. The largest absolute Gasteiger partial charge is 0.312 e. The van der Waals surface area contributed by atoms with Gasteiger partial charge in [0.15, 0.2) is 0 Å². The van der Waals surface area contributed by atoms with Crippen molar-refractivity contribution in [3.8, 4) is 0 Å². The summed E-state index contributed by atoms with van der Waals surface area (Å²) in [7, 11) is 0. The van der Waals surface area contributed by atoms with Gasteiger partial charge in [0.25, 0.3) is 0 Å². The van der Waals surface area contributed by atoms with Crippen molar-refractivity contribution in [2.75, 3.05) is 13.1 Å². The van der Waals surface area contributed by atoms with E-state index in [9.17, 15) is 0 Å². The Labute approximate surface area is 94.2 Å². The fourth-order valence-corrected chi connectivity index (χ4v) is 3.29. The Balaban J connectivity index is 2.03. The summed E-state index contributed by atoms with van der Waals surface area (Å²) < 4.78 is 0. The van der Waals surface area contributed by atoms with Gasteiger partial charge in [-0.25, -0.2) is 0 Å². The first-order valence-corrected chi connectivity index (χ1v) is 6.67. The van der Waals surface area contributed by atoms with Crippen LogP contribution in [0.4, 0.5) is 0 Å². The third-order valence-electron chi connectivity index (χ3n) is 4.58. The first kappa shape index (κ1) is 11.4. The van der Waals surface area contributed by atoms with Gasteiger partial charge in [0.1, 0.15) is 0 Å². The van der Waals surface area contributed by atoms with Crippen LogP contribution in [0.3, 0.4) is 0 Å². The molecule has 0 amide bonds. The quantitative estimate of drug-likeness (QED) is 0.728. The van der Waals surface area contributed by atoms with Gasteiger partial charge in [-0.15, -0.1) is 0 Å². The Morgan fingerprint density at radius 3 is 2.53 bits per heavy atom. The number of nitrogens with one attached hydrogen (secondary N) is 2. The molecule has 15 heavy (non-hydrogen) atoms. The van der Waals surface area contributed by atoms with Crippen molar-refractivity contribution in [2.45, 2.75) is 52.1 Å². The smallest absolute Gasteiger partial charge is 0.0252 e. The molecule has 2 N–H and O–H groups in total. The Kier molecular flexibility index (Phi) is 3.68. The molecule has 4 unspecified atom stereocenters. The van der Waals surface area contributed by atoms with E-state index in [-0.39, 0.29) is 0 Å². The fraction of sp³-hybridized carbons (Fsp3) is 1.00. The van der Waals surface area contributed by atoms with Crippen LogP contribution in [-0.2, 0) is 0 Å². The molecule has 4 atom stereocenters. The Hall–Kier alpha value is -0.0800. The van der Waals surface area contributed by atoms with Gasteiger partial charge in [-0.1, -0.05) is 20.8 Å². The number of rotatable bonds is 2. The molecule has 2 nitrogen and oxygen atoms in total. The third-order valence-corrected chi connectivity index (χ3v) is 4.58. The van der Waals surface area contributed by atoms with Crippen LogP contribution in [0.5, 0.6) is 0 Å². The topological polar surface area (TPSA) is 24.1 Å². The second kappa shape index (κ2) is 4.84. The van der Waals surface area contributed by atoms with E-state index in [1.165, 1.54) is 32.4 Å². The maximum Gasteiger partial charge on any atom is 0.0252 e. The van der Waals surface area contributed by atoms with Crippen LogP contribution in [-0.4, -0.2) is 25.2 Å². The predicted molar refractivity (Wildman–Crippen MR) is 64.9 cm³/mol. The zero-order valence-corrected chi connectivity index (χ0v) is 10.4. The molecule has 0 spiro atoms. The van der Waals surface area contributed by atoms with Crippen molar-refractivity contribution in [3.63, 3.8) is 0 Å². The van der Waals surface area contributed by atoms with Gasteiger partial charge < -0.3 is 10.6 Å². The van der Waals surface area contributed by atoms with Gasteiger partial charge in [-0.2, -0.15) is 0 Å². The Morgan fingerprint density at radius 2 is 1.80 bits per heavy atom. The van der Waals surface area contributed by atoms with Crippen LogP contribution < -0.4 is 10.6 Å². The van der Waals surface area contributed by atoms with Crippen molar-refractivity contribution < 1.29 is 0 Å². The SMILES string of the molecule is CC(C)C(C)C1CCNC2CCCNC21. The third kappa shape index (κ3) is 2.36. The molecule has 0 aromatic carbocycles. The predicted octanol–water partition coefficient (Wildman–Crippen LogP) is 2.01. The zero-order valence-electron chi connectivity index (χ0n) is 10.4. The molecular formula is C13H26N2. The molecule has 0 saturated carbocycles. The normalized spacial score (nSPS) is 38.8. The molecule has 0 bridgehead atoms. The maximum absolute atomic E-state index is 3.74. The standard InChI is InChI=1S/C13H26N2/c1-9(2)10(3)11-6-8-14-12-5-4-7-15-13(11)12/h9-15H,4-8H2,1-3H3. The minimum absolute atomic E-state index is 0.741. The van der Waals surface area contributed by atoms with E-state index >= 15 is 0 Å². The highest BCUT2D eigenvalue weighted by Crippen LogP contribution is 2.32. The second-order valence-electron chi connectivity index (χ2n) is 5.74. The molecular weight excluding hydrogens is 184 g/mol. The Bertz CT molecular complexity index is 201. The fourth-order valence-electron chi connectivity index (χ4n) is 3.29. The summed E-state index contributed by atoms with van der Waals surface area (Å²) in [5.41, 5.74) is 0. The van der Waals surface area contributed by atoms with Crippen molar-refractivity contribution in [1.29, 1.82) is 0 Å². The zero-order chi connectivity index (χ0) is 10.8. The summed E-state index contributed by atoms with van der Waals surface area (Å²) in [4.78, 5) is 0. The molecule has 0 aromatic heterocycles. The Morgan fingerprint density at radius 1 is 1.00 bits per heavy atom. The van der Waals surface area contributed by atoms with E-state index in [2.05, 4.69) is 31.4 Å². The number of hydrogen-bond acceptors (Lipinski definition) is 2. The summed E-state index contributed by atoms with van der Waals surface area (Å²) in [6.45, 7) is 9.62. The van der Waals surface area contributed by atoms with Gasteiger partial charge in [0, 0.05) is 12.1 Å². The van der Waals surface area contributed by atoms with Gasteiger partial charge in [-0.05, 0) is 50.1 Å². The molecule has 2 aliphatic heterocycles. The lowest BCUT2D eigenvalue weighted by molar-refractivity contribution is 0.116. The lowest BCUT2D eigenvalue weighted by Crippen LogP contribution is -2.60. The number of hydrogen-bond donors (Lipinski definition) is 2. The van der Waals surface area contributed by atoms with Crippen LogP contribution >= 0.6 is 0 Å². The van der Waals surface area contributed by atoms with Gasteiger partial charge >= 0.3 is 0 Å². The number of fused-ring (bicyclic) bond motifs is 1. The lowest BCUT2D eigenvalue weighted by Gasteiger charge is -2.45. The lowest BCUT2D eigenvalue weighted by atomic mass is 9.72. The second-order valence-corrected chi connectivity index (χ2v) is 5.74. The minimum Gasteiger partial charge on any atom is -0.312 e. The first-order chi connectivity index (χ1) is 7.20. The van der Waals surface area contributed by atoms with Crippen molar-refractivity contribution >= 4 is 0 Å². The molecule has 0 aliphatic carbocycles. The highest BCUT2D eigenvalue weighted by atomic mass is 15.1. The number of piperidine rings is 2. The minimum atomic E-state index is 0.741. The van der Waals surface area contributed by atoms with E-state index in [0.29, 0.717) is 0 Å². The molecule has 2 heteroatoms. The van der Waals surface area contributed by atoms with Gasteiger partial charge in [0.05, 0.1) is 0 Å². The molecule has 0 radical (unpaired) electrons. The molecule has 2 fully saturated rings. The average molecular weight is 210 g/mol. The molecule has 2 heterocycles. The van der Waals surface area contributed by atoms with Crippen molar-refractivity contribution in [1.82, 2.24) is 10.6 Å². The molecule has 88 valence electrons. The summed E-state index contributed by atoms with van der Waals surface area (Å²) in [5.74, 6) is 2.55. The highest BCUT2D eigenvalue weighted by Gasteiger charge is 2.37. The van der Waals surface area contributed by atoms with E-state index in [1.807, 2.05) is 0 Å². The van der Waals surface area contributed by atoms with Crippen LogP contribution in [0, 0.1) is 17.8 Å². The van der Waals surface area contributed by atoms with Crippen LogP contribution in [0.2, 0.25) is 0 Å². The monoisotopic (exact) mass is 210 g/mol. The molecule has 0 aromatic rings. The van der Waals surface area contributed by atoms with E-state index < -0.39 is 0 Å². The maximum atomic E-state index is 3.74. The van der Waals surface area contributed by atoms with E-state index in [0.717, 1.165) is 29.8 Å². The molecule has 2 aliphatic rings. The van der Waals surface area contributed by atoms with E-state index in [1.54, 1.807) is 0 Å². The first-order valence-electron chi connectivity index (χ1n) is 6.67. The van der Waals surface area contributed by atoms with Crippen LogP contribution in [0.1, 0.15) is 40.0 Å². The average Bonchev–Trinajstić information content (AvgIpc) is 2.27. The van der Waals surface area contributed by atoms with Crippen molar-refractivity contribution in [3.05, 3.63) is 0 Å².